The molecule has 1 aromatic heterocycles. The summed E-state index contributed by atoms with van der Waals surface area (Å²) >= 11 is 0. The van der Waals surface area contributed by atoms with Gasteiger partial charge in [0.05, 0.1) is 6.20 Å². The number of carboxylic acids is 1. The van der Waals surface area contributed by atoms with Crippen LogP contribution in [-0.2, 0) is 16.1 Å². The van der Waals surface area contributed by atoms with Crippen LogP contribution in [0.3, 0.4) is 0 Å². The summed E-state index contributed by atoms with van der Waals surface area (Å²) in [5.74, 6) is -1.19. The first kappa shape index (κ1) is 17.1. The second kappa shape index (κ2) is 7.04. The summed E-state index contributed by atoms with van der Waals surface area (Å²) in [7, 11) is 1.58. The number of likely N-dealkylation sites (N-methyl/N-ethyl adjacent to an activating group) is 1. The van der Waals surface area contributed by atoms with Gasteiger partial charge in [0.25, 0.3) is 0 Å². The van der Waals surface area contributed by atoms with Gasteiger partial charge in [-0.3, -0.25) is 4.79 Å². The number of aliphatic carboxylic acids is 1. The standard InChI is InChI=1S/C18H22N4O3/c1-21(18(17(24)25)10-6-3-7-11-18)16(23)13-22-12-15(19-20-22)14-8-4-2-5-9-14/h2,4-5,8-9,12H,3,6-7,10-11,13H2,1H3,(H,24,25). The Balaban J connectivity index is 1.73. The van der Waals surface area contributed by atoms with Gasteiger partial charge >= 0.3 is 5.97 Å². The Morgan fingerprint density at radius 2 is 1.88 bits per heavy atom. The number of carbonyl (C=O) groups is 2. The number of carboxylic acid groups (broad SMARTS) is 1. The Hall–Kier alpha value is -2.70. The molecule has 1 fully saturated rings. The number of hydrogen-bond acceptors (Lipinski definition) is 4. The third kappa shape index (κ3) is 3.40. The number of benzene rings is 1. The second-order valence-electron chi connectivity index (χ2n) is 6.52. The van der Waals surface area contributed by atoms with Crippen molar-refractivity contribution in [2.24, 2.45) is 0 Å². The second-order valence-corrected chi connectivity index (χ2v) is 6.52. The Labute approximate surface area is 146 Å². The van der Waals surface area contributed by atoms with E-state index in [1.54, 1.807) is 13.2 Å². The summed E-state index contributed by atoms with van der Waals surface area (Å²) in [5.41, 5.74) is 0.503. The summed E-state index contributed by atoms with van der Waals surface area (Å²) in [4.78, 5) is 25.9. The first-order valence-electron chi connectivity index (χ1n) is 8.48. The van der Waals surface area contributed by atoms with Crippen molar-refractivity contribution in [1.29, 1.82) is 0 Å². The van der Waals surface area contributed by atoms with Gasteiger partial charge in [-0.2, -0.15) is 0 Å². The van der Waals surface area contributed by atoms with E-state index in [0.29, 0.717) is 18.5 Å². The molecular formula is C18H22N4O3. The van der Waals surface area contributed by atoms with Crippen molar-refractivity contribution in [1.82, 2.24) is 19.9 Å². The Kier molecular flexibility index (Phi) is 4.83. The molecule has 25 heavy (non-hydrogen) atoms. The van der Waals surface area contributed by atoms with Crippen LogP contribution in [0.2, 0.25) is 0 Å². The van der Waals surface area contributed by atoms with Crippen molar-refractivity contribution in [2.45, 2.75) is 44.2 Å². The van der Waals surface area contributed by atoms with E-state index in [0.717, 1.165) is 24.8 Å². The summed E-state index contributed by atoms with van der Waals surface area (Å²) in [5, 5.41) is 17.8. The molecule has 1 aromatic carbocycles. The van der Waals surface area contributed by atoms with Gasteiger partial charge in [-0.05, 0) is 12.8 Å². The maximum atomic E-state index is 12.6. The molecule has 0 bridgehead atoms. The van der Waals surface area contributed by atoms with Gasteiger partial charge in [0.15, 0.2) is 0 Å². The molecule has 0 spiro atoms. The fourth-order valence-corrected chi connectivity index (χ4v) is 3.43. The SMILES string of the molecule is CN(C(=O)Cn1cc(-c2ccccc2)nn1)C1(C(=O)O)CCCCC1. The number of carbonyl (C=O) groups excluding carboxylic acids is 1. The van der Waals surface area contributed by atoms with Gasteiger partial charge in [-0.25, -0.2) is 9.48 Å². The zero-order chi connectivity index (χ0) is 17.9. The summed E-state index contributed by atoms with van der Waals surface area (Å²) in [6, 6.07) is 9.58. The molecule has 132 valence electrons. The van der Waals surface area contributed by atoms with E-state index in [2.05, 4.69) is 10.3 Å². The lowest BCUT2D eigenvalue weighted by atomic mass is 9.80. The molecule has 1 amide bonds. The van der Waals surface area contributed by atoms with Crippen molar-refractivity contribution in [3.05, 3.63) is 36.5 Å². The van der Waals surface area contributed by atoms with Crippen LogP contribution in [0, 0.1) is 0 Å². The van der Waals surface area contributed by atoms with E-state index >= 15 is 0 Å². The van der Waals surface area contributed by atoms with E-state index in [9.17, 15) is 14.7 Å². The molecule has 0 atom stereocenters. The van der Waals surface area contributed by atoms with Crippen LogP contribution in [0.5, 0.6) is 0 Å². The van der Waals surface area contributed by atoms with E-state index in [1.807, 2.05) is 30.3 Å². The van der Waals surface area contributed by atoms with E-state index in [4.69, 9.17) is 0 Å². The van der Waals surface area contributed by atoms with Gasteiger partial charge < -0.3 is 10.0 Å². The zero-order valence-corrected chi connectivity index (χ0v) is 14.3. The van der Waals surface area contributed by atoms with Crippen LogP contribution < -0.4 is 0 Å². The molecule has 0 radical (unpaired) electrons. The number of nitrogens with zero attached hydrogens (tertiary/aromatic N) is 4. The van der Waals surface area contributed by atoms with Gasteiger partial charge in [0, 0.05) is 12.6 Å². The molecule has 3 rings (SSSR count). The third-order valence-corrected chi connectivity index (χ3v) is 5.00. The molecular weight excluding hydrogens is 320 g/mol. The molecule has 0 saturated heterocycles. The fourth-order valence-electron chi connectivity index (χ4n) is 3.43. The molecule has 0 aliphatic heterocycles. The minimum atomic E-state index is -1.10. The van der Waals surface area contributed by atoms with Crippen molar-refractivity contribution in [2.75, 3.05) is 7.05 Å². The first-order chi connectivity index (χ1) is 12.0. The van der Waals surface area contributed by atoms with Crippen LogP contribution in [-0.4, -0.2) is 49.5 Å². The molecule has 0 unspecified atom stereocenters. The van der Waals surface area contributed by atoms with Crippen LogP contribution in [0.4, 0.5) is 0 Å². The molecule has 1 aliphatic rings. The highest BCUT2D eigenvalue weighted by atomic mass is 16.4. The minimum Gasteiger partial charge on any atom is -0.479 e. The van der Waals surface area contributed by atoms with Crippen LogP contribution >= 0.6 is 0 Å². The summed E-state index contributed by atoms with van der Waals surface area (Å²) in [6.07, 6.45) is 5.36. The highest BCUT2D eigenvalue weighted by molar-refractivity contribution is 5.87. The molecule has 7 heteroatoms. The average Bonchev–Trinajstić information content (AvgIpc) is 3.10. The maximum absolute atomic E-state index is 12.6. The third-order valence-electron chi connectivity index (χ3n) is 5.00. The van der Waals surface area contributed by atoms with Gasteiger partial charge in [0.1, 0.15) is 17.8 Å². The van der Waals surface area contributed by atoms with Crippen LogP contribution in [0.15, 0.2) is 36.5 Å². The van der Waals surface area contributed by atoms with Crippen molar-refractivity contribution in [3.8, 4) is 11.3 Å². The quantitative estimate of drug-likeness (QED) is 0.900. The number of hydrogen-bond donors (Lipinski definition) is 1. The van der Waals surface area contributed by atoms with Gasteiger partial charge in [-0.1, -0.05) is 54.8 Å². The Morgan fingerprint density at radius 1 is 1.20 bits per heavy atom. The van der Waals surface area contributed by atoms with Crippen molar-refractivity contribution < 1.29 is 14.7 Å². The predicted molar refractivity (Wildman–Crippen MR) is 91.7 cm³/mol. The monoisotopic (exact) mass is 342 g/mol. The Bertz CT molecular complexity index is 751. The smallest absolute Gasteiger partial charge is 0.329 e. The molecule has 7 nitrogen and oxygen atoms in total. The summed E-state index contributed by atoms with van der Waals surface area (Å²) < 4.78 is 1.46. The fraction of sp³-hybridized carbons (Fsp3) is 0.444. The molecule has 2 aromatic rings. The Morgan fingerprint density at radius 3 is 2.52 bits per heavy atom. The first-order valence-corrected chi connectivity index (χ1v) is 8.48. The van der Waals surface area contributed by atoms with E-state index in [-0.39, 0.29) is 12.5 Å². The highest BCUT2D eigenvalue weighted by Crippen LogP contribution is 2.33. The number of amides is 1. The summed E-state index contributed by atoms with van der Waals surface area (Å²) in [6.45, 7) is -0.0225. The molecule has 1 N–H and O–H groups in total. The van der Waals surface area contributed by atoms with Crippen molar-refractivity contribution in [3.63, 3.8) is 0 Å². The van der Waals surface area contributed by atoms with Gasteiger partial charge in [-0.15, -0.1) is 5.10 Å². The molecule has 1 heterocycles. The lowest BCUT2D eigenvalue weighted by molar-refractivity contribution is -0.160. The normalized spacial score (nSPS) is 16.4. The van der Waals surface area contributed by atoms with Gasteiger partial charge in [0.2, 0.25) is 5.91 Å². The minimum absolute atomic E-state index is 0.0225. The average molecular weight is 342 g/mol. The molecule has 1 aliphatic carbocycles. The maximum Gasteiger partial charge on any atom is 0.329 e. The topological polar surface area (TPSA) is 88.3 Å². The van der Waals surface area contributed by atoms with E-state index in [1.165, 1.54) is 9.58 Å². The van der Waals surface area contributed by atoms with Crippen LogP contribution in [0.25, 0.3) is 11.3 Å². The number of aromatic nitrogens is 3. The van der Waals surface area contributed by atoms with E-state index < -0.39 is 11.5 Å². The number of rotatable bonds is 5. The highest BCUT2D eigenvalue weighted by Gasteiger charge is 2.45. The zero-order valence-electron chi connectivity index (χ0n) is 14.3. The lowest BCUT2D eigenvalue weighted by Gasteiger charge is -2.40. The largest absolute Gasteiger partial charge is 0.479 e. The molecule has 1 saturated carbocycles. The predicted octanol–water partition coefficient (Wildman–Crippen LogP) is 2.19. The lowest BCUT2D eigenvalue weighted by Crippen LogP contribution is -2.57. The van der Waals surface area contributed by atoms with Crippen molar-refractivity contribution >= 4 is 11.9 Å². The van der Waals surface area contributed by atoms with Crippen LogP contribution in [0.1, 0.15) is 32.1 Å².